The van der Waals surface area contributed by atoms with Crippen LogP contribution in [0.2, 0.25) is 0 Å². The van der Waals surface area contributed by atoms with E-state index < -0.39 is 0 Å². The van der Waals surface area contributed by atoms with Gasteiger partial charge in [-0.25, -0.2) is 0 Å². The number of nitrogens with one attached hydrogen (secondary N) is 1. The largest absolute Gasteiger partial charge is 0.492 e. The van der Waals surface area contributed by atoms with Crippen molar-refractivity contribution in [1.82, 2.24) is 9.55 Å². The summed E-state index contributed by atoms with van der Waals surface area (Å²) in [6.07, 6.45) is 6.45. The van der Waals surface area contributed by atoms with Gasteiger partial charge in [-0.2, -0.15) is 0 Å². The summed E-state index contributed by atoms with van der Waals surface area (Å²) in [6.45, 7) is 2.68. The van der Waals surface area contributed by atoms with Crippen molar-refractivity contribution in [3.8, 4) is 5.75 Å². The number of fused-ring (bicyclic) bond motifs is 1. The summed E-state index contributed by atoms with van der Waals surface area (Å²) in [6, 6.07) is 6.74. The summed E-state index contributed by atoms with van der Waals surface area (Å²) in [7, 11) is 0. The Morgan fingerprint density at radius 3 is 2.84 bits per heavy atom. The molecule has 1 aliphatic rings. The summed E-state index contributed by atoms with van der Waals surface area (Å²) in [5.41, 5.74) is 2.22. The maximum Gasteiger partial charge on any atom is 0.178 e. The Bertz CT molecular complexity index is 623. The van der Waals surface area contributed by atoms with Crippen molar-refractivity contribution < 1.29 is 4.74 Å². The lowest BCUT2D eigenvalue weighted by Gasteiger charge is -2.23. The van der Waals surface area contributed by atoms with Gasteiger partial charge >= 0.3 is 0 Å². The molecule has 0 spiro atoms. The van der Waals surface area contributed by atoms with E-state index in [-0.39, 0.29) is 0 Å². The van der Waals surface area contributed by atoms with E-state index in [1.54, 1.807) is 0 Å². The maximum atomic E-state index is 5.68. The van der Waals surface area contributed by atoms with Crippen LogP contribution in [0.15, 0.2) is 18.2 Å². The summed E-state index contributed by atoms with van der Waals surface area (Å²) in [5, 5.41) is 0. The quantitative estimate of drug-likeness (QED) is 0.830. The minimum Gasteiger partial charge on any atom is -0.492 e. The van der Waals surface area contributed by atoms with Gasteiger partial charge in [0.2, 0.25) is 0 Å². The minimum absolute atomic E-state index is 0.548. The number of H-pyrrole nitrogens is 1. The van der Waals surface area contributed by atoms with Crippen molar-refractivity contribution in [3.05, 3.63) is 23.0 Å². The highest BCUT2D eigenvalue weighted by Gasteiger charge is 2.19. The Balaban J connectivity index is 2.11. The third-order valence-corrected chi connectivity index (χ3v) is 4.25. The molecule has 1 aromatic carbocycles. The molecule has 0 radical (unpaired) electrons. The molecule has 19 heavy (non-hydrogen) atoms. The Morgan fingerprint density at radius 2 is 2.11 bits per heavy atom. The normalized spacial score (nSPS) is 16.9. The topological polar surface area (TPSA) is 29.9 Å². The maximum absolute atomic E-state index is 5.68. The van der Waals surface area contributed by atoms with Crippen LogP contribution in [0.5, 0.6) is 5.75 Å². The molecule has 0 aliphatic heterocycles. The highest BCUT2D eigenvalue weighted by Crippen LogP contribution is 2.33. The Hall–Kier alpha value is -1.29. The lowest BCUT2D eigenvalue weighted by atomic mass is 9.95. The van der Waals surface area contributed by atoms with E-state index in [2.05, 4.69) is 21.7 Å². The van der Waals surface area contributed by atoms with Gasteiger partial charge in [0.1, 0.15) is 11.3 Å². The Morgan fingerprint density at radius 1 is 1.32 bits per heavy atom. The van der Waals surface area contributed by atoms with Gasteiger partial charge in [0.15, 0.2) is 4.77 Å². The van der Waals surface area contributed by atoms with Gasteiger partial charge in [0.25, 0.3) is 0 Å². The van der Waals surface area contributed by atoms with E-state index in [1.165, 1.54) is 37.6 Å². The number of ether oxygens (including phenoxy) is 1. The number of hydrogen-bond donors (Lipinski definition) is 1. The molecular weight excluding hydrogens is 256 g/mol. The van der Waals surface area contributed by atoms with E-state index in [0.717, 1.165) is 16.0 Å². The number of hydrogen-bond acceptors (Lipinski definition) is 2. The van der Waals surface area contributed by atoms with Crippen molar-refractivity contribution in [3.63, 3.8) is 0 Å². The van der Waals surface area contributed by atoms with Crippen LogP contribution >= 0.6 is 12.2 Å². The molecule has 3 rings (SSSR count). The smallest absolute Gasteiger partial charge is 0.178 e. The Kier molecular flexibility index (Phi) is 3.60. The first-order valence-corrected chi connectivity index (χ1v) is 7.58. The molecule has 1 heterocycles. The first-order chi connectivity index (χ1) is 9.31. The SMILES string of the molecule is CCOc1cccc2c1[nH]c(=S)n2C1CCCCC1. The Labute approximate surface area is 118 Å². The molecule has 0 unspecified atom stereocenters. The molecule has 0 amide bonds. The van der Waals surface area contributed by atoms with Gasteiger partial charge in [-0.15, -0.1) is 0 Å². The van der Waals surface area contributed by atoms with Crippen LogP contribution in [0.3, 0.4) is 0 Å². The van der Waals surface area contributed by atoms with Crippen LogP contribution in [0.25, 0.3) is 11.0 Å². The van der Waals surface area contributed by atoms with Gasteiger partial charge in [-0.05, 0) is 44.1 Å². The second kappa shape index (κ2) is 5.37. The lowest BCUT2D eigenvalue weighted by molar-refractivity contribution is 0.343. The van der Waals surface area contributed by atoms with E-state index >= 15 is 0 Å². The molecule has 2 aromatic rings. The molecule has 1 aromatic heterocycles. The number of rotatable bonds is 3. The summed E-state index contributed by atoms with van der Waals surface area (Å²) in [5.74, 6) is 0.903. The van der Waals surface area contributed by atoms with Gasteiger partial charge < -0.3 is 14.3 Å². The van der Waals surface area contributed by atoms with Gasteiger partial charge in [0.05, 0.1) is 12.1 Å². The van der Waals surface area contributed by atoms with E-state index in [4.69, 9.17) is 17.0 Å². The lowest BCUT2D eigenvalue weighted by Crippen LogP contribution is -2.12. The minimum atomic E-state index is 0.548. The third-order valence-electron chi connectivity index (χ3n) is 3.95. The zero-order chi connectivity index (χ0) is 13.2. The average Bonchev–Trinajstić information content (AvgIpc) is 2.77. The second-order valence-electron chi connectivity index (χ2n) is 5.18. The molecule has 1 fully saturated rings. The highest BCUT2D eigenvalue weighted by molar-refractivity contribution is 7.71. The average molecular weight is 276 g/mol. The van der Waals surface area contributed by atoms with Crippen molar-refractivity contribution in [2.45, 2.75) is 45.1 Å². The number of benzene rings is 1. The summed E-state index contributed by atoms with van der Waals surface area (Å²) < 4.78 is 8.81. The molecule has 3 nitrogen and oxygen atoms in total. The van der Waals surface area contributed by atoms with Crippen LogP contribution in [0, 0.1) is 4.77 Å². The van der Waals surface area contributed by atoms with Crippen molar-refractivity contribution in [1.29, 1.82) is 0 Å². The molecule has 1 saturated carbocycles. The third kappa shape index (κ3) is 2.29. The molecule has 1 N–H and O–H groups in total. The molecule has 0 saturated heterocycles. The van der Waals surface area contributed by atoms with Gasteiger partial charge in [0, 0.05) is 6.04 Å². The zero-order valence-corrected chi connectivity index (χ0v) is 12.1. The van der Waals surface area contributed by atoms with E-state index in [0.29, 0.717) is 12.6 Å². The monoisotopic (exact) mass is 276 g/mol. The van der Waals surface area contributed by atoms with Crippen LogP contribution in [-0.2, 0) is 0 Å². The highest BCUT2D eigenvalue weighted by atomic mass is 32.1. The molecule has 0 atom stereocenters. The summed E-state index contributed by atoms with van der Waals surface area (Å²) >= 11 is 5.53. The second-order valence-corrected chi connectivity index (χ2v) is 5.56. The number of aromatic amines is 1. The number of aromatic nitrogens is 2. The van der Waals surface area contributed by atoms with Crippen molar-refractivity contribution in [2.75, 3.05) is 6.61 Å². The van der Waals surface area contributed by atoms with Crippen LogP contribution < -0.4 is 4.74 Å². The fraction of sp³-hybridized carbons (Fsp3) is 0.533. The van der Waals surface area contributed by atoms with Crippen molar-refractivity contribution in [2.24, 2.45) is 0 Å². The van der Waals surface area contributed by atoms with Crippen molar-refractivity contribution >= 4 is 23.3 Å². The predicted octanol–water partition coefficient (Wildman–Crippen LogP) is 4.60. The molecule has 4 heteroatoms. The van der Waals surface area contributed by atoms with E-state index in [1.807, 2.05) is 13.0 Å². The van der Waals surface area contributed by atoms with Crippen LogP contribution in [-0.4, -0.2) is 16.2 Å². The first kappa shape index (κ1) is 12.7. The van der Waals surface area contributed by atoms with Gasteiger partial charge in [-0.3, -0.25) is 0 Å². The number of nitrogens with zero attached hydrogens (tertiary/aromatic N) is 1. The predicted molar refractivity (Wildman–Crippen MR) is 80.4 cm³/mol. The fourth-order valence-electron chi connectivity index (χ4n) is 3.10. The molecule has 102 valence electrons. The molecular formula is C15H20N2OS. The van der Waals surface area contributed by atoms with Gasteiger partial charge in [-0.1, -0.05) is 25.3 Å². The number of imidazole rings is 1. The molecule has 1 aliphatic carbocycles. The number of para-hydroxylation sites is 1. The summed E-state index contributed by atoms with van der Waals surface area (Å²) in [4.78, 5) is 3.33. The van der Waals surface area contributed by atoms with E-state index in [9.17, 15) is 0 Å². The van der Waals surface area contributed by atoms with Crippen LogP contribution in [0.4, 0.5) is 0 Å². The molecule has 0 bridgehead atoms. The first-order valence-electron chi connectivity index (χ1n) is 7.17. The zero-order valence-electron chi connectivity index (χ0n) is 11.3. The van der Waals surface area contributed by atoms with Crippen LogP contribution in [0.1, 0.15) is 45.1 Å². The fourth-order valence-corrected chi connectivity index (χ4v) is 3.45. The standard InChI is InChI=1S/C15H20N2OS/c1-2-18-13-10-6-9-12-14(13)16-15(19)17(12)11-7-4-3-5-8-11/h6,9-11H,2-5,7-8H2,1H3,(H,16,19).